The SMILES string of the molecule is CNc1ncnc(-n2ncc3ccccc32)c1C(C)C. The number of hydrogen-bond acceptors (Lipinski definition) is 4. The Morgan fingerprint density at radius 1 is 1.15 bits per heavy atom. The molecule has 0 spiro atoms. The molecule has 2 aromatic heterocycles. The van der Waals surface area contributed by atoms with Gasteiger partial charge in [-0.15, -0.1) is 0 Å². The Kier molecular flexibility index (Phi) is 3.10. The van der Waals surface area contributed by atoms with E-state index in [2.05, 4.69) is 34.2 Å². The third-order valence-corrected chi connectivity index (χ3v) is 3.35. The molecule has 0 unspecified atom stereocenters. The second kappa shape index (κ2) is 4.92. The van der Waals surface area contributed by atoms with Crippen LogP contribution >= 0.6 is 0 Å². The van der Waals surface area contributed by atoms with Crippen molar-refractivity contribution in [3.63, 3.8) is 0 Å². The Morgan fingerprint density at radius 2 is 1.95 bits per heavy atom. The van der Waals surface area contributed by atoms with Crippen LogP contribution in [0, 0.1) is 0 Å². The van der Waals surface area contributed by atoms with Gasteiger partial charge >= 0.3 is 0 Å². The summed E-state index contributed by atoms with van der Waals surface area (Å²) in [5, 5.41) is 8.72. The second-order valence-electron chi connectivity index (χ2n) is 4.98. The van der Waals surface area contributed by atoms with Crippen molar-refractivity contribution in [2.45, 2.75) is 19.8 Å². The summed E-state index contributed by atoms with van der Waals surface area (Å²) in [6.45, 7) is 4.27. The Labute approximate surface area is 117 Å². The van der Waals surface area contributed by atoms with E-state index in [9.17, 15) is 0 Å². The summed E-state index contributed by atoms with van der Waals surface area (Å²) in [5.41, 5.74) is 2.12. The molecule has 1 N–H and O–H groups in total. The van der Waals surface area contributed by atoms with Gasteiger partial charge in [-0.05, 0) is 12.0 Å². The summed E-state index contributed by atoms with van der Waals surface area (Å²) >= 11 is 0. The van der Waals surface area contributed by atoms with Crippen LogP contribution in [-0.4, -0.2) is 26.8 Å². The quantitative estimate of drug-likeness (QED) is 0.792. The van der Waals surface area contributed by atoms with E-state index in [1.165, 1.54) is 0 Å². The minimum Gasteiger partial charge on any atom is -0.373 e. The number of aromatic nitrogens is 4. The maximum atomic E-state index is 4.48. The minimum absolute atomic E-state index is 0.302. The van der Waals surface area contributed by atoms with Crippen LogP contribution in [0.15, 0.2) is 36.8 Å². The van der Waals surface area contributed by atoms with Crippen molar-refractivity contribution in [3.05, 3.63) is 42.4 Å². The highest BCUT2D eigenvalue weighted by Crippen LogP contribution is 2.28. The van der Waals surface area contributed by atoms with E-state index in [4.69, 9.17) is 0 Å². The normalized spacial score (nSPS) is 11.2. The number of nitrogens with one attached hydrogen (secondary N) is 1. The molecule has 0 saturated carbocycles. The van der Waals surface area contributed by atoms with Crippen LogP contribution in [0.1, 0.15) is 25.3 Å². The number of rotatable bonds is 3. The molecule has 102 valence electrons. The molecule has 0 aliphatic carbocycles. The molecule has 2 heterocycles. The number of fused-ring (bicyclic) bond motifs is 1. The van der Waals surface area contributed by atoms with Gasteiger partial charge in [-0.3, -0.25) is 0 Å². The van der Waals surface area contributed by atoms with Gasteiger partial charge in [0.2, 0.25) is 0 Å². The van der Waals surface area contributed by atoms with Crippen LogP contribution in [0.3, 0.4) is 0 Å². The van der Waals surface area contributed by atoms with Gasteiger partial charge in [0.1, 0.15) is 12.1 Å². The smallest absolute Gasteiger partial charge is 0.162 e. The van der Waals surface area contributed by atoms with Crippen molar-refractivity contribution >= 4 is 16.7 Å². The highest BCUT2D eigenvalue weighted by Gasteiger charge is 2.17. The van der Waals surface area contributed by atoms with Crippen molar-refractivity contribution in [2.75, 3.05) is 12.4 Å². The van der Waals surface area contributed by atoms with Crippen LogP contribution in [0.2, 0.25) is 0 Å². The van der Waals surface area contributed by atoms with Crippen molar-refractivity contribution in [1.82, 2.24) is 19.7 Å². The monoisotopic (exact) mass is 267 g/mol. The lowest BCUT2D eigenvalue weighted by atomic mass is 10.0. The molecule has 0 bridgehead atoms. The van der Waals surface area contributed by atoms with E-state index in [-0.39, 0.29) is 0 Å². The zero-order valence-corrected chi connectivity index (χ0v) is 11.8. The Hall–Kier alpha value is -2.43. The number of para-hydroxylation sites is 1. The number of anilines is 1. The van der Waals surface area contributed by atoms with Crippen molar-refractivity contribution in [2.24, 2.45) is 0 Å². The first kappa shape index (κ1) is 12.6. The zero-order valence-electron chi connectivity index (χ0n) is 11.8. The van der Waals surface area contributed by atoms with Gasteiger partial charge in [0, 0.05) is 18.0 Å². The summed E-state index contributed by atoms with van der Waals surface area (Å²) in [4.78, 5) is 8.76. The van der Waals surface area contributed by atoms with Gasteiger partial charge in [-0.25, -0.2) is 14.6 Å². The molecule has 20 heavy (non-hydrogen) atoms. The first-order valence-electron chi connectivity index (χ1n) is 6.68. The highest BCUT2D eigenvalue weighted by atomic mass is 15.3. The van der Waals surface area contributed by atoms with Gasteiger partial charge in [0.25, 0.3) is 0 Å². The van der Waals surface area contributed by atoms with Crippen LogP contribution in [0.25, 0.3) is 16.7 Å². The van der Waals surface area contributed by atoms with E-state index in [0.29, 0.717) is 5.92 Å². The molecule has 0 aliphatic rings. The second-order valence-corrected chi connectivity index (χ2v) is 4.98. The fourth-order valence-corrected chi connectivity index (χ4v) is 2.43. The molecule has 0 fully saturated rings. The summed E-state index contributed by atoms with van der Waals surface area (Å²) in [7, 11) is 1.87. The van der Waals surface area contributed by atoms with Gasteiger partial charge in [0.15, 0.2) is 5.82 Å². The molecule has 0 amide bonds. The number of hydrogen-bond donors (Lipinski definition) is 1. The molecule has 0 aliphatic heterocycles. The molecule has 3 rings (SSSR count). The highest BCUT2D eigenvalue weighted by molar-refractivity contribution is 5.80. The van der Waals surface area contributed by atoms with Crippen LogP contribution < -0.4 is 5.32 Å². The number of benzene rings is 1. The Bertz CT molecular complexity index is 745. The van der Waals surface area contributed by atoms with Gasteiger partial charge in [-0.2, -0.15) is 5.10 Å². The van der Waals surface area contributed by atoms with Crippen molar-refractivity contribution in [3.8, 4) is 5.82 Å². The van der Waals surface area contributed by atoms with Crippen molar-refractivity contribution in [1.29, 1.82) is 0 Å². The van der Waals surface area contributed by atoms with Gasteiger partial charge in [-0.1, -0.05) is 32.0 Å². The zero-order chi connectivity index (χ0) is 14.1. The molecule has 0 saturated heterocycles. The van der Waals surface area contributed by atoms with Gasteiger partial charge in [0.05, 0.1) is 11.7 Å². The lowest BCUT2D eigenvalue weighted by molar-refractivity contribution is 0.787. The minimum atomic E-state index is 0.302. The molecule has 5 heteroatoms. The van der Waals surface area contributed by atoms with Crippen LogP contribution in [-0.2, 0) is 0 Å². The Morgan fingerprint density at radius 3 is 2.70 bits per heavy atom. The van der Waals surface area contributed by atoms with Crippen LogP contribution in [0.4, 0.5) is 5.82 Å². The summed E-state index contributed by atoms with van der Waals surface area (Å²) in [6, 6.07) is 8.12. The summed E-state index contributed by atoms with van der Waals surface area (Å²) < 4.78 is 1.88. The van der Waals surface area contributed by atoms with Crippen LogP contribution in [0.5, 0.6) is 0 Å². The third-order valence-electron chi connectivity index (χ3n) is 3.35. The molecule has 0 atom stereocenters. The predicted octanol–water partition coefficient (Wildman–Crippen LogP) is 2.98. The average Bonchev–Trinajstić information content (AvgIpc) is 2.90. The van der Waals surface area contributed by atoms with E-state index in [1.54, 1.807) is 6.33 Å². The maximum Gasteiger partial charge on any atom is 0.162 e. The van der Waals surface area contributed by atoms with Crippen molar-refractivity contribution < 1.29 is 0 Å². The Balaban J connectivity index is 2.29. The predicted molar refractivity (Wildman–Crippen MR) is 80.3 cm³/mol. The fourth-order valence-electron chi connectivity index (χ4n) is 2.43. The molecule has 5 nitrogen and oxygen atoms in total. The molecular formula is C15H17N5. The standard InChI is InChI=1S/C15H17N5/c1-10(2)13-14(16-3)17-9-18-15(13)20-12-7-5-4-6-11(12)8-19-20/h4-10H,1-3H3,(H,16,17,18). The fraction of sp³-hybridized carbons (Fsp3) is 0.267. The topological polar surface area (TPSA) is 55.6 Å². The summed E-state index contributed by atoms with van der Waals surface area (Å²) in [5.74, 6) is 1.99. The number of nitrogens with zero attached hydrogens (tertiary/aromatic N) is 4. The van der Waals surface area contributed by atoms with E-state index in [0.717, 1.165) is 28.1 Å². The molecular weight excluding hydrogens is 250 g/mol. The third kappa shape index (κ3) is 1.91. The average molecular weight is 267 g/mol. The molecule has 0 radical (unpaired) electrons. The van der Waals surface area contributed by atoms with Gasteiger partial charge < -0.3 is 5.32 Å². The summed E-state index contributed by atoms with van der Waals surface area (Å²) in [6.07, 6.45) is 3.43. The molecule has 3 aromatic rings. The lowest BCUT2D eigenvalue weighted by Gasteiger charge is -2.15. The van der Waals surface area contributed by atoms with E-state index in [1.807, 2.05) is 42.2 Å². The first-order chi connectivity index (χ1) is 9.72. The molecule has 1 aromatic carbocycles. The first-order valence-corrected chi connectivity index (χ1v) is 6.68. The lowest BCUT2D eigenvalue weighted by Crippen LogP contribution is -2.10. The largest absolute Gasteiger partial charge is 0.373 e. The van der Waals surface area contributed by atoms with E-state index >= 15 is 0 Å². The maximum absolute atomic E-state index is 4.48. The van der Waals surface area contributed by atoms with E-state index < -0.39 is 0 Å².